The number of hydrogen-bond donors (Lipinski definition) is 19. The van der Waals surface area contributed by atoms with Crippen molar-refractivity contribution in [1.82, 2.24) is 67.0 Å². The summed E-state index contributed by atoms with van der Waals surface area (Å²) in [6.07, 6.45) is 3.20. The van der Waals surface area contributed by atoms with Crippen molar-refractivity contribution in [3.05, 3.63) is 153 Å². The number of ketones is 3. The maximum absolute atomic E-state index is 15.5. The average Bonchev–Trinajstić information content (AvgIpc) is 1.48. The molecule has 21 N–H and O–H groups in total. The molecule has 147 heavy (non-hydrogen) atoms. The molecule has 1 saturated carbocycles. The van der Waals surface area contributed by atoms with Gasteiger partial charge in [0.15, 0.2) is 34.3 Å². The number of methoxy groups -OCH3 is 1. The van der Waals surface area contributed by atoms with Crippen LogP contribution in [0.15, 0.2) is 114 Å². The molecule has 5 amide bonds. The van der Waals surface area contributed by atoms with Gasteiger partial charge < -0.3 is 109 Å². The van der Waals surface area contributed by atoms with Gasteiger partial charge in [-0.25, -0.2) is 14.8 Å². The largest absolute Gasteiger partial charge is 0.496 e. The van der Waals surface area contributed by atoms with Gasteiger partial charge in [-0.05, 0) is 161 Å². The van der Waals surface area contributed by atoms with E-state index >= 15 is 4.79 Å². The Bertz CT molecular complexity index is 6060. The molecule has 17 atom stereocenters. The van der Waals surface area contributed by atoms with Gasteiger partial charge in [0.05, 0.1) is 67.9 Å². The zero-order valence-electron chi connectivity index (χ0n) is 83.0. The minimum absolute atomic E-state index is 0.0483. The van der Waals surface area contributed by atoms with E-state index in [1.54, 1.807) is 43.5 Å². The normalized spacial score (nSPS) is 23.4. The number of anilines is 2. The highest BCUT2D eigenvalue weighted by Gasteiger charge is 2.79. The van der Waals surface area contributed by atoms with Crippen LogP contribution in [0.3, 0.4) is 0 Å². The first-order valence-corrected chi connectivity index (χ1v) is 51.9. The molecule has 2 saturated heterocycles. The molecule has 3 fully saturated rings. The van der Waals surface area contributed by atoms with Crippen molar-refractivity contribution in [1.29, 1.82) is 5.41 Å². The van der Waals surface area contributed by atoms with Crippen LogP contribution < -0.4 is 58.3 Å². The molecule has 790 valence electrons. The number of carbonyl (C=O) groups is 14. The quantitative estimate of drug-likeness (QED) is 0.00455. The Morgan fingerprint density at radius 2 is 1.38 bits per heavy atom. The fourth-order valence-corrected chi connectivity index (χ4v) is 25.1. The highest BCUT2D eigenvalue weighted by molar-refractivity contribution is 8.76. The van der Waals surface area contributed by atoms with E-state index < -0.39 is 228 Å². The van der Waals surface area contributed by atoms with Crippen molar-refractivity contribution in [3.63, 3.8) is 0 Å². The standard InChI is InChI=1S/C103H131N17O25S2/c1-7-100(142)49-58-48-99(3,67-40-60-16-12-13-18-65(60)66(67)33-38-119(52-58)55-100)69-43-68-75(47-79(69)144-6)118(5)94-102(68)35-39-120-37-15-34-101(8-2,93(102)120)95(140)103(94,143)96(141)110-51-84(131)145-53-57-24-30-64(31-25-57)147-146-54-74(92(138)139)115-89(134)73(46-83(129)130)114-88(133)70(19-14-36-108-97(104)105)113-87(132)61(17-10-9-11-20-76(121)71(107-4)44-81(125)126)41-78(123)72(45-82(127)128)112-80(124)32-28-62(91(136)137)42-77(122)59-26-21-56(22-27-59)23-29-63-50-109-86-85(111-63)90(135)117-98(106)116-86/h12-13,15-16,18,21-22,24-27,30-31,34,43,47,50,58,61-62,70-74,93-95,107,140,142-143H,7-11,14,17,19-20,23,28-29,32-33,35-42,44-46,48-49,51-55H2,1-6H3,(H,110,141)(H,112,124)(H,113,132)(H,114,133)(H,115,134)(H,125,126)(H,127,128)(H,129,130)(H,136,137)(H,138,139)(H4,104,105,108)(H3,106,109,116,117,135)/t58-,61-,62-,70+,71+,72+,73+,74+,93?,94?,95-,99+,100+,101-,102?,103+/m1/s1. The minimum atomic E-state index is -2.54. The van der Waals surface area contributed by atoms with E-state index in [1.165, 1.54) is 47.7 Å². The number of nitrogen functional groups attached to an aromatic ring is 1. The highest BCUT2D eigenvalue weighted by atomic mass is 33.1. The number of rotatable bonds is 52. The van der Waals surface area contributed by atoms with Crippen LogP contribution in [0, 0.1) is 28.6 Å². The van der Waals surface area contributed by atoms with E-state index in [0.717, 1.165) is 69.9 Å². The summed E-state index contributed by atoms with van der Waals surface area (Å²) in [6.45, 7) is 8.65. The summed E-state index contributed by atoms with van der Waals surface area (Å²) in [7, 11) is 6.93. The van der Waals surface area contributed by atoms with Gasteiger partial charge >= 0.3 is 35.8 Å². The summed E-state index contributed by atoms with van der Waals surface area (Å²) in [5.74, 6) is -19.7. The van der Waals surface area contributed by atoms with Crippen molar-refractivity contribution in [2.75, 3.05) is 83.4 Å². The number of carboxylic acids is 5. The Labute approximate surface area is 856 Å². The molecular formula is C103H131N17O25S2. The predicted molar refractivity (Wildman–Crippen MR) is 540 cm³/mol. The summed E-state index contributed by atoms with van der Waals surface area (Å²) in [5, 5.41) is 125. The van der Waals surface area contributed by atoms with Crippen LogP contribution in [0.4, 0.5) is 11.6 Å². The van der Waals surface area contributed by atoms with Gasteiger partial charge in [-0.15, -0.1) is 0 Å². The second-order valence-corrected chi connectivity index (χ2v) is 42.1. The Kier molecular flexibility index (Phi) is 36.5. The smallest absolute Gasteiger partial charge is 0.327 e. The molecule has 44 heteroatoms. The lowest BCUT2D eigenvalue weighted by Gasteiger charge is -2.63. The molecule has 4 unspecified atom stereocenters. The first kappa shape index (κ1) is 111. The lowest BCUT2D eigenvalue weighted by molar-refractivity contribution is -0.203. The molecule has 5 aliphatic heterocycles. The third-order valence-corrected chi connectivity index (χ3v) is 32.6. The monoisotopic (exact) mass is 2070 g/mol. The Morgan fingerprint density at radius 1 is 0.687 bits per heavy atom. The zero-order chi connectivity index (χ0) is 106. The van der Waals surface area contributed by atoms with Gasteiger partial charge in [-0.1, -0.05) is 134 Å². The SMILES string of the molecule is CC[C@]1(O)C[C@@H]2CN(CCC3=C(Cc4ccccc43)[C@@](C)(c3cc4c(cc3OC)N(C)C3C45CCN4CC=C[C@](CC)(C45)[C@@H](O)[C@]3(O)C(=O)NCC(=O)OCc3ccc(SSC[C@H](NC(=O)[C@H](CC(=O)O)NC(=O)[C@H](CCCNC(=N)N)NC(=O)[C@H](CCCCCC(=O)[C@H](CC(=O)O)NC)CC(=O)[C@H](CC(=O)O)NC(=O)CC[C@H](CC(=O)c4ccc(CCc5cnc6nc(N)nc(O)c6n5)cc4)C(=O)O)C(=O)O)cc3)C2)C1. The lowest BCUT2D eigenvalue weighted by atomic mass is 9.47. The van der Waals surface area contributed by atoms with Gasteiger partial charge in [-0.2, -0.15) is 9.97 Å². The van der Waals surface area contributed by atoms with E-state index in [0.29, 0.717) is 86.5 Å². The summed E-state index contributed by atoms with van der Waals surface area (Å²) >= 11 is 0. The molecule has 42 nitrogen and oxygen atoms in total. The zero-order valence-corrected chi connectivity index (χ0v) is 84.6. The van der Waals surface area contributed by atoms with Gasteiger partial charge in [0, 0.05) is 127 Å². The summed E-state index contributed by atoms with van der Waals surface area (Å²) in [5.41, 5.74) is 14.7. The van der Waals surface area contributed by atoms with Crippen LogP contribution in [0.5, 0.6) is 11.6 Å². The molecular weight excluding hydrogens is 1940 g/mol. The van der Waals surface area contributed by atoms with Crippen molar-refractivity contribution in [2.45, 2.75) is 250 Å². The van der Waals surface area contributed by atoms with E-state index in [2.05, 4.69) is 111 Å². The number of allylic oxidation sites excluding steroid dienone is 1. The fraction of sp³-hybridized carbons (Fsp3) is 0.524. The Morgan fingerprint density at radius 3 is 2.07 bits per heavy atom. The van der Waals surface area contributed by atoms with Gasteiger partial charge in [0.25, 0.3) is 5.91 Å². The number of likely N-dealkylation sites (N-methyl/N-ethyl adjacent to an activating group) is 2. The second-order valence-electron chi connectivity index (χ2n) is 39.7. The first-order chi connectivity index (χ1) is 70.0. The number of aliphatic carboxylic acids is 5. The van der Waals surface area contributed by atoms with Crippen LogP contribution in [0.1, 0.15) is 199 Å². The number of aliphatic hydroxyl groups is 3. The van der Waals surface area contributed by atoms with Crippen LogP contribution in [-0.2, 0) is 104 Å². The Hall–Kier alpha value is -13.1. The predicted octanol–water partition coefficient (Wildman–Crippen LogP) is 4.98. The number of ether oxygens (including phenoxy) is 2. The number of aromatic hydroxyl groups is 1. The molecule has 1 spiro atoms. The lowest BCUT2D eigenvalue weighted by Crippen LogP contribution is -2.81. The fourth-order valence-electron chi connectivity index (χ4n) is 22.9. The number of esters is 1. The van der Waals surface area contributed by atoms with E-state index in [1.807, 2.05) is 37.1 Å². The number of unbranched alkanes of at least 4 members (excludes halogenated alkanes) is 2. The number of aliphatic hydroxyl groups excluding tert-OH is 1. The number of amides is 5. The van der Waals surface area contributed by atoms with Crippen molar-refractivity contribution < 1.29 is 123 Å². The maximum atomic E-state index is 15.5. The number of nitrogens with two attached hydrogens (primary N) is 2. The number of fused-ring (bicyclic) bond motifs is 6. The van der Waals surface area contributed by atoms with Crippen LogP contribution in [0.25, 0.3) is 16.7 Å². The van der Waals surface area contributed by atoms with Crippen LogP contribution in [-0.4, -0.2) is 297 Å². The number of carbonyl (C=O) groups excluding carboxylic acids is 9. The van der Waals surface area contributed by atoms with Gasteiger partial charge in [0.1, 0.15) is 48.9 Å². The van der Waals surface area contributed by atoms with Crippen molar-refractivity contribution in [2.24, 2.45) is 28.9 Å². The number of hydrogen-bond acceptors (Lipinski definition) is 32. The molecule has 0 radical (unpaired) electrons. The summed E-state index contributed by atoms with van der Waals surface area (Å²) in [6, 6.07) is 15.8. The first-order valence-electron chi connectivity index (χ1n) is 49.6. The van der Waals surface area contributed by atoms with E-state index in [9.17, 15) is 108 Å². The molecule has 13 rings (SSSR count). The second kappa shape index (κ2) is 48.2. The number of piperidine rings is 1. The molecule has 2 aromatic heterocycles. The third kappa shape index (κ3) is 25.5. The minimum Gasteiger partial charge on any atom is -0.496 e. The number of benzene rings is 4. The van der Waals surface area contributed by atoms with Gasteiger partial charge in [-0.3, -0.25) is 77.5 Å². The molecule has 7 heterocycles. The maximum Gasteiger partial charge on any atom is 0.327 e. The molecule has 7 aliphatic rings. The molecule has 2 bridgehead atoms. The summed E-state index contributed by atoms with van der Waals surface area (Å²) < 4.78 is 12.2. The number of guanidine groups is 1. The number of nitrogens with zero attached hydrogens (tertiary/aromatic N) is 7. The number of Topliss-reactive ketones (excluding diaryl/α,β-unsaturated/α-hetero) is 3. The van der Waals surface area contributed by atoms with Gasteiger partial charge in [0.2, 0.25) is 35.5 Å². The van der Waals surface area contributed by atoms with Crippen LogP contribution in [0.2, 0.25) is 0 Å². The topological polar surface area (TPSA) is 661 Å². The molecule has 4 aromatic carbocycles. The number of aryl methyl sites for hydroxylation is 2. The van der Waals surface area contributed by atoms with Crippen molar-refractivity contribution in [3.8, 4) is 11.6 Å². The number of nitrogens with one attached hydrogen (secondary N) is 8. The highest BCUT2D eigenvalue weighted by Crippen LogP contribution is 2.68. The molecule has 2 aliphatic carbocycles. The van der Waals surface area contributed by atoms with Crippen LogP contribution >= 0.6 is 21.6 Å². The average molecular weight is 2070 g/mol. The third-order valence-electron chi connectivity index (χ3n) is 30.2. The Balaban J connectivity index is 0.630. The van der Waals surface area contributed by atoms with E-state index in [4.69, 9.17) is 26.4 Å². The number of carboxylic acid groups (broad SMARTS) is 5. The van der Waals surface area contributed by atoms with Crippen molar-refractivity contribution >= 4 is 139 Å². The summed E-state index contributed by atoms with van der Waals surface area (Å²) in [4.78, 5) is 213. The van der Waals surface area contributed by atoms with E-state index in [-0.39, 0.29) is 98.5 Å². The number of aromatic nitrogens is 4. The molecule has 6 aromatic rings.